The second kappa shape index (κ2) is 6.60. The zero-order valence-corrected chi connectivity index (χ0v) is 16.0. The number of ether oxygens (including phenoxy) is 2. The van der Waals surface area contributed by atoms with Crippen molar-refractivity contribution < 1.29 is 14.3 Å². The van der Waals surface area contributed by atoms with Gasteiger partial charge in [-0.15, -0.1) is 0 Å². The highest BCUT2D eigenvalue weighted by molar-refractivity contribution is 5.79. The molecule has 1 saturated heterocycles. The molecule has 0 saturated carbocycles. The SMILES string of the molecule is COCC(=O)N1[C@@H]2CC[C@@H]1c1cnc3cc(-c4ccccc4OC)nn3c1C2. The van der Waals surface area contributed by atoms with Crippen molar-refractivity contribution in [2.24, 2.45) is 0 Å². The molecule has 2 aliphatic rings. The lowest BCUT2D eigenvalue weighted by atomic mass is 9.99. The van der Waals surface area contributed by atoms with Crippen molar-refractivity contribution >= 4 is 11.6 Å². The van der Waals surface area contributed by atoms with Crippen molar-refractivity contribution in [3.8, 4) is 17.0 Å². The summed E-state index contributed by atoms with van der Waals surface area (Å²) >= 11 is 0. The van der Waals surface area contributed by atoms with E-state index in [0.29, 0.717) is 0 Å². The van der Waals surface area contributed by atoms with Crippen molar-refractivity contribution in [2.75, 3.05) is 20.8 Å². The summed E-state index contributed by atoms with van der Waals surface area (Å²) in [5, 5.41) is 4.85. The smallest absolute Gasteiger partial charge is 0.249 e. The van der Waals surface area contributed by atoms with E-state index in [0.717, 1.165) is 53.2 Å². The zero-order valence-electron chi connectivity index (χ0n) is 16.0. The van der Waals surface area contributed by atoms with Gasteiger partial charge < -0.3 is 14.4 Å². The van der Waals surface area contributed by atoms with E-state index in [1.807, 2.05) is 45.9 Å². The number of hydrogen-bond donors (Lipinski definition) is 0. The molecule has 1 aromatic carbocycles. The number of fused-ring (bicyclic) bond motifs is 6. The minimum Gasteiger partial charge on any atom is -0.496 e. The van der Waals surface area contributed by atoms with E-state index >= 15 is 0 Å². The Balaban J connectivity index is 1.60. The number of carbonyl (C=O) groups is 1. The van der Waals surface area contributed by atoms with Crippen molar-refractivity contribution in [1.29, 1.82) is 0 Å². The average molecular weight is 378 g/mol. The highest BCUT2D eigenvalue weighted by atomic mass is 16.5. The standard InChI is InChI=1S/C21H22N4O3/c1-27-12-21(26)24-13-7-8-17(24)15-11-22-20-10-16(23-25(20)18(15)9-13)14-5-3-4-6-19(14)28-2/h3-6,10-11,13,17H,7-9,12H2,1-2H3/t13-,17-/m1/s1. The fourth-order valence-corrected chi connectivity index (χ4v) is 4.65. The third-order valence-electron chi connectivity index (χ3n) is 5.84. The van der Waals surface area contributed by atoms with E-state index in [4.69, 9.17) is 14.6 Å². The van der Waals surface area contributed by atoms with Gasteiger partial charge in [-0.3, -0.25) is 4.79 Å². The number of nitrogens with zero attached hydrogens (tertiary/aromatic N) is 4. The van der Waals surface area contributed by atoms with Gasteiger partial charge in [0.1, 0.15) is 12.4 Å². The quantitative estimate of drug-likeness (QED) is 0.698. The van der Waals surface area contributed by atoms with Crippen LogP contribution in [0.1, 0.15) is 30.1 Å². The van der Waals surface area contributed by atoms with Gasteiger partial charge in [0.15, 0.2) is 5.65 Å². The molecule has 0 N–H and O–H groups in total. The van der Waals surface area contributed by atoms with Gasteiger partial charge in [-0.1, -0.05) is 12.1 Å². The molecule has 0 unspecified atom stereocenters. The molecule has 2 bridgehead atoms. The Kier molecular flexibility index (Phi) is 4.05. The zero-order chi connectivity index (χ0) is 19.3. The van der Waals surface area contributed by atoms with Gasteiger partial charge in [0.25, 0.3) is 0 Å². The van der Waals surface area contributed by atoms with Crippen LogP contribution < -0.4 is 4.74 Å². The third kappa shape index (κ3) is 2.50. The molecule has 5 rings (SSSR count). The summed E-state index contributed by atoms with van der Waals surface area (Å²) in [6.45, 7) is 0.123. The molecule has 3 aromatic rings. The third-order valence-corrected chi connectivity index (χ3v) is 5.84. The number of hydrogen-bond acceptors (Lipinski definition) is 5. The van der Waals surface area contributed by atoms with Crippen LogP contribution in [0.25, 0.3) is 16.9 Å². The lowest BCUT2D eigenvalue weighted by Crippen LogP contribution is -2.44. The van der Waals surface area contributed by atoms with Gasteiger partial charge >= 0.3 is 0 Å². The second-order valence-electron chi connectivity index (χ2n) is 7.35. The predicted molar refractivity (Wildman–Crippen MR) is 103 cm³/mol. The topological polar surface area (TPSA) is 69.0 Å². The van der Waals surface area contributed by atoms with Crippen LogP contribution in [0.2, 0.25) is 0 Å². The van der Waals surface area contributed by atoms with Crippen molar-refractivity contribution in [1.82, 2.24) is 19.5 Å². The first-order chi connectivity index (χ1) is 13.7. The highest BCUT2D eigenvalue weighted by Crippen LogP contribution is 2.43. The first kappa shape index (κ1) is 17.2. The number of methoxy groups -OCH3 is 2. The first-order valence-electron chi connectivity index (χ1n) is 9.52. The first-order valence-corrected chi connectivity index (χ1v) is 9.52. The van der Waals surface area contributed by atoms with Crippen LogP contribution in [0, 0.1) is 0 Å². The number of benzene rings is 1. The molecule has 2 aliphatic heterocycles. The molecule has 2 atom stereocenters. The lowest BCUT2D eigenvalue weighted by Gasteiger charge is -2.36. The van der Waals surface area contributed by atoms with Crippen molar-refractivity contribution in [3.63, 3.8) is 0 Å². The maximum Gasteiger partial charge on any atom is 0.249 e. The Hall–Kier alpha value is -2.93. The van der Waals surface area contributed by atoms with Gasteiger partial charge in [-0.2, -0.15) is 5.10 Å². The fourth-order valence-electron chi connectivity index (χ4n) is 4.65. The Labute approximate surface area is 162 Å². The number of carbonyl (C=O) groups excluding carboxylic acids is 1. The lowest BCUT2D eigenvalue weighted by molar-refractivity contribution is -0.138. The summed E-state index contributed by atoms with van der Waals surface area (Å²) in [5.41, 5.74) is 4.85. The Morgan fingerprint density at radius 2 is 2.11 bits per heavy atom. The molecule has 28 heavy (non-hydrogen) atoms. The van der Waals surface area contributed by atoms with Crippen LogP contribution in [0.5, 0.6) is 5.75 Å². The molecule has 144 valence electrons. The van der Waals surface area contributed by atoms with E-state index in [9.17, 15) is 4.79 Å². The van der Waals surface area contributed by atoms with Gasteiger partial charge in [0.2, 0.25) is 5.91 Å². The summed E-state index contributed by atoms with van der Waals surface area (Å²) < 4.78 is 12.5. The van der Waals surface area contributed by atoms with Crippen LogP contribution in [-0.4, -0.2) is 52.3 Å². The van der Waals surface area contributed by atoms with E-state index in [1.54, 1.807) is 14.2 Å². The molecule has 7 heteroatoms. The molecule has 0 aliphatic carbocycles. The van der Waals surface area contributed by atoms with Crippen LogP contribution in [-0.2, 0) is 16.0 Å². The van der Waals surface area contributed by atoms with E-state index in [2.05, 4.69) is 4.98 Å². The normalized spacial score (nSPS) is 20.4. The Morgan fingerprint density at radius 3 is 2.93 bits per heavy atom. The number of para-hydroxylation sites is 1. The fraction of sp³-hybridized carbons (Fsp3) is 0.381. The van der Waals surface area contributed by atoms with Crippen LogP contribution in [0.15, 0.2) is 36.5 Å². The average Bonchev–Trinajstić information content (AvgIpc) is 3.29. The van der Waals surface area contributed by atoms with Gasteiger partial charge in [0.05, 0.1) is 24.5 Å². The highest BCUT2D eigenvalue weighted by Gasteiger charge is 2.43. The summed E-state index contributed by atoms with van der Waals surface area (Å²) in [7, 11) is 3.23. The maximum absolute atomic E-state index is 12.5. The summed E-state index contributed by atoms with van der Waals surface area (Å²) in [5.74, 6) is 0.840. The number of rotatable bonds is 4. The largest absolute Gasteiger partial charge is 0.496 e. The van der Waals surface area contributed by atoms with Gasteiger partial charge in [-0.05, 0) is 25.0 Å². The molecule has 7 nitrogen and oxygen atoms in total. The molecule has 4 heterocycles. The summed E-state index contributed by atoms with van der Waals surface area (Å²) in [4.78, 5) is 19.2. The van der Waals surface area contributed by atoms with E-state index < -0.39 is 0 Å². The van der Waals surface area contributed by atoms with Crippen LogP contribution >= 0.6 is 0 Å². The molecular weight excluding hydrogens is 356 g/mol. The van der Waals surface area contributed by atoms with Crippen molar-refractivity contribution in [2.45, 2.75) is 31.3 Å². The predicted octanol–water partition coefficient (Wildman–Crippen LogP) is 2.64. The Morgan fingerprint density at radius 1 is 1.25 bits per heavy atom. The molecule has 0 spiro atoms. The minimum atomic E-state index is 0.0518. The monoisotopic (exact) mass is 378 g/mol. The summed E-state index contributed by atoms with van der Waals surface area (Å²) in [6, 6.07) is 10.1. The molecule has 1 amide bonds. The van der Waals surface area contributed by atoms with Crippen LogP contribution in [0.4, 0.5) is 0 Å². The molecule has 0 radical (unpaired) electrons. The molecule has 1 fully saturated rings. The van der Waals surface area contributed by atoms with E-state index in [1.165, 1.54) is 0 Å². The Bertz CT molecular complexity index is 1060. The number of aromatic nitrogens is 3. The maximum atomic E-state index is 12.5. The van der Waals surface area contributed by atoms with E-state index in [-0.39, 0.29) is 24.6 Å². The minimum absolute atomic E-state index is 0.0518. The van der Waals surface area contributed by atoms with Gasteiger partial charge in [-0.25, -0.2) is 9.50 Å². The van der Waals surface area contributed by atoms with Gasteiger partial charge in [0, 0.05) is 43.0 Å². The van der Waals surface area contributed by atoms with Crippen molar-refractivity contribution in [3.05, 3.63) is 47.8 Å². The van der Waals surface area contributed by atoms with Crippen LogP contribution in [0.3, 0.4) is 0 Å². The molecular formula is C21H22N4O3. The summed E-state index contributed by atoms with van der Waals surface area (Å²) in [6.07, 6.45) is 4.66. The second-order valence-corrected chi connectivity index (χ2v) is 7.35. The molecule has 2 aromatic heterocycles. The number of amides is 1.